The van der Waals surface area contributed by atoms with E-state index in [1.807, 2.05) is 42.6 Å². The molecular weight excluding hydrogens is 356 g/mol. The number of benzene rings is 2. The van der Waals surface area contributed by atoms with Gasteiger partial charge in [0.2, 0.25) is 5.91 Å². The number of H-pyrrole nitrogens is 1. The second-order valence-electron chi connectivity index (χ2n) is 6.32. The predicted molar refractivity (Wildman–Crippen MR) is 108 cm³/mol. The van der Waals surface area contributed by atoms with Crippen molar-refractivity contribution >= 4 is 28.9 Å². The zero-order chi connectivity index (χ0) is 19.9. The van der Waals surface area contributed by atoms with Crippen LogP contribution in [0.25, 0.3) is 10.9 Å². The first kappa shape index (κ1) is 19.2. The van der Waals surface area contributed by atoms with Crippen LogP contribution in [0.15, 0.2) is 59.8 Å². The predicted octanol–water partition coefficient (Wildman–Crippen LogP) is 2.37. The van der Waals surface area contributed by atoms with Crippen LogP contribution < -0.4 is 15.5 Å². The Kier molecular flexibility index (Phi) is 6.06. The van der Waals surface area contributed by atoms with E-state index in [4.69, 9.17) is 4.74 Å². The molecule has 0 saturated carbocycles. The third kappa shape index (κ3) is 4.76. The van der Waals surface area contributed by atoms with Crippen LogP contribution in [0.1, 0.15) is 18.1 Å². The van der Waals surface area contributed by atoms with Gasteiger partial charge in [0.1, 0.15) is 11.8 Å². The molecule has 2 aromatic carbocycles. The summed E-state index contributed by atoms with van der Waals surface area (Å²) in [7, 11) is 1.60. The summed E-state index contributed by atoms with van der Waals surface area (Å²) < 4.78 is 5.10. The van der Waals surface area contributed by atoms with Crippen molar-refractivity contribution < 1.29 is 14.3 Å². The smallest absolute Gasteiger partial charge is 0.262 e. The number of carbonyl (C=O) groups is 2. The fourth-order valence-electron chi connectivity index (χ4n) is 2.91. The van der Waals surface area contributed by atoms with E-state index in [0.29, 0.717) is 6.42 Å². The lowest BCUT2D eigenvalue weighted by molar-refractivity contribution is -0.128. The minimum Gasteiger partial charge on any atom is -0.497 e. The molecule has 0 fully saturated rings. The van der Waals surface area contributed by atoms with Gasteiger partial charge >= 0.3 is 0 Å². The number of hydrogen-bond donors (Lipinski definition) is 3. The van der Waals surface area contributed by atoms with E-state index in [9.17, 15) is 9.59 Å². The maximum atomic E-state index is 12.6. The number of aromatic nitrogens is 1. The molecule has 1 heterocycles. The SMILES string of the molecule is COc1ccc(/C=N/NC(=O)[C@@H](Cc2c[nH]c3ccccc23)NC(C)=O)cc1. The molecule has 2 amide bonds. The van der Waals surface area contributed by atoms with Gasteiger partial charge in [-0.2, -0.15) is 5.10 Å². The summed E-state index contributed by atoms with van der Waals surface area (Å²) in [5, 5.41) is 7.70. The summed E-state index contributed by atoms with van der Waals surface area (Å²) in [6.45, 7) is 1.39. The quantitative estimate of drug-likeness (QED) is 0.435. The summed E-state index contributed by atoms with van der Waals surface area (Å²) in [5.74, 6) is 0.0787. The van der Waals surface area contributed by atoms with Crippen LogP contribution in [0.3, 0.4) is 0 Å². The third-order valence-electron chi connectivity index (χ3n) is 4.30. The number of hydrazone groups is 1. The largest absolute Gasteiger partial charge is 0.497 e. The van der Waals surface area contributed by atoms with E-state index < -0.39 is 6.04 Å². The molecule has 0 bridgehead atoms. The number of nitrogens with zero attached hydrogens (tertiary/aromatic N) is 1. The lowest BCUT2D eigenvalue weighted by Crippen LogP contribution is -2.46. The summed E-state index contributed by atoms with van der Waals surface area (Å²) >= 11 is 0. The van der Waals surface area contributed by atoms with Gasteiger partial charge < -0.3 is 15.0 Å². The number of para-hydroxylation sites is 1. The number of amides is 2. The molecule has 1 aromatic heterocycles. The van der Waals surface area contributed by atoms with Crippen LogP contribution in [-0.4, -0.2) is 36.2 Å². The number of aromatic amines is 1. The van der Waals surface area contributed by atoms with E-state index in [1.54, 1.807) is 19.2 Å². The first-order valence-electron chi connectivity index (χ1n) is 8.86. The van der Waals surface area contributed by atoms with Gasteiger partial charge in [-0.3, -0.25) is 9.59 Å². The van der Waals surface area contributed by atoms with Crippen molar-refractivity contribution in [2.75, 3.05) is 7.11 Å². The van der Waals surface area contributed by atoms with Gasteiger partial charge in [0.05, 0.1) is 13.3 Å². The Bertz CT molecular complexity index is 992. The van der Waals surface area contributed by atoms with Gasteiger partial charge in [-0.1, -0.05) is 18.2 Å². The van der Waals surface area contributed by atoms with Crippen molar-refractivity contribution in [3.05, 3.63) is 65.9 Å². The highest BCUT2D eigenvalue weighted by atomic mass is 16.5. The van der Waals surface area contributed by atoms with Crippen LogP contribution in [0.2, 0.25) is 0 Å². The lowest BCUT2D eigenvalue weighted by atomic mass is 10.0. The zero-order valence-electron chi connectivity index (χ0n) is 15.7. The van der Waals surface area contributed by atoms with Crippen molar-refractivity contribution in [3.63, 3.8) is 0 Å². The lowest BCUT2D eigenvalue weighted by Gasteiger charge is -2.15. The molecule has 7 nitrogen and oxygen atoms in total. The number of ether oxygens (including phenoxy) is 1. The molecule has 3 aromatic rings. The van der Waals surface area contributed by atoms with Gasteiger partial charge in [0, 0.05) is 30.4 Å². The zero-order valence-corrected chi connectivity index (χ0v) is 15.7. The van der Waals surface area contributed by atoms with E-state index in [2.05, 4.69) is 20.8 Å². The van der Waals surface area contributed by atoms with E-state index >= 15 is 0 Å². The van der Waals surface area contributed by atoms with E-state index in [0.717, 1.165) is 27.8 Å². The number of carbonyl (C=O) groups excluding carboxylic acids is 2. The van der Waals surface area contributed by atoms with Crippen LogP contribution in [-0.2, 0) is 16.0 Å². The Morgan fingerprint density at radius 1 is 1.18 bits per heavy atom. The summed E-state index contributed by atoms with van der Waals surface area (Å²) in [4.78, 5) is 27.3. The number of hydrogen-bond acceptors (Lipinski definition) is 4. The van der Waals surface area contributed by atoms with Crippen molar-refractivity contribution in [1.29, 1.82) is 0 Å². The van der Waals surface area contributed by atoms with Crippen molar-refractivity contribution in [1.82, 2.24) is 15.7 Å². The fourth-order valence-corrected chi connectivity index (χ4v) is 2.91. The molecule has 0 radical (unpaired) electrons. The molecule has 144 valence electrons. The second-order valence-corrected chi connectivity index (χ2v) is 6.32. The van der Waals surface area contributed by atoms with Gasteiger partial charge in [-0.25, -0.2) is 5.43 Å². The highest BCUT2D eigenvalue weighted by Gasteiger charge is 2.21. The highest BCUT2D eigenvalue weighted by molar-refractivity contribution is 5.90. The summed E-state index contributed by atoms with van der Waals surface area (Å²) in [6, 6.07) is 14.3. The molecule has 3 rings (SSSR count). The van der Waals surface area contributed by atoms with E-state index in [-0.39, 0.29) is 11.8 Å². The van der Waals surface area contributed by atoms with Gasteiger partial charge in [0.15, 0.2) is 0 Å². The number of methoxy groups -OCH3 is 1. The molecule has 0 saturated heterocycles. The van der Waals surface area contributed by atoms with Gasteiger partial charge in [0.25, 0.3) is 5.91 Å². The normalized spacial score (nSPS) is 12.1. The maximum absolute atomic E-state index is 12.6. The Morgan fingerprint density at radius 3 is 2.64 bits per heavy atom. The van der Waals surface area contributed by atoms with Crippen LogP contribution in [0.5, 0.6) is 5.75 Å². The van der Waals surface area contributed by atoms with Crippen LogP contribution >= 0.6 is 0 Å². The van der Waals surface area contributed by atoms with Crippen molar-refractivity contribution in [2.45, 2.75) is 19.4 Å². The Labute approximate surface area is 162 Å². The molecule has 0 aliphatic rings. The molecule has 28 heavy (non-hydrogen) atoms. The molecule has 0 aliphatic carbocycles. The number of nitrogens with one attached hydrogen (secondary N) is 3. The number of fused-ring (bicyclic) bond motifs is 1. The Hall–Kier alpha value is -3.61. The average Bonchev–Trinajstić information content (AvgIpc) is 3.10. The Balaban J connectivity index is 1.68. The molecule has 0 spiro atoms. The average molecular weight is 378 g/mol. The Morgan fingerprint density at radius 2 is 1.93 bits per heavy atom. The monoisotopic (exact) mass is 378 g/mol. The molecular formula is C21H22N4O3. The van der Waals surface area contributed by atoms with Crippen LogP contribution in [0, 0.1) is 0 Å². The minimum atomic E-state index is -0.732. The first-order valence-corrected chi connectivity index (χ1v) is 8.86. The molecule has 7 heteroatoms. The third-order valence-corrected chi connectivity index (χ3v) is 4.30. The standard InChI is InChI=1S/C21H22N4O3/c1-14(26)24-20(11-16-13-22-19-6-4-3-5-18(16)19)21(27)25-23-12-15-7-9-17(28-2)10-8-15/h3-10,12-13,20,22H,11H2,1-2H3,(H,24,26)(H,25,27)/b23-12+/t20-/m1/s1. The minimum absolute atomic E-state index is 0.279. The molecule has 3 N–H and O–H groups in total. The number of rotatable bonds is 7. The topological polar surface area (TPSA) is 95.6 Å². The molecule has 0 aliphatic heterocycles. The molecule has 1 atom stereocenters. The first-order chi connectivity index (χ1) is 13.6. The summed E-state index contributed by atoms with van der Waals surface area (Å²) in [6.07, 6.45) is 3.74. The molecule has 0 unspecified atom stereocenters. The second kappa shape index (κ2) is 8.85. The van der Waals surface area contributed by atoms with Gasteiger partial charge in [-0.15, -0.1) is 0 Å². The van der Waals surface area contributed by atoms with Crippen molar-refractivity contribution in [2.24, 2.45) is 5.10 Å². The fraction of sp³-hybridized carbons (Fsp3) is 0.190. The highest BCUT2D eigenvalue weighted by Crippen LogP contribution is 2.19. The van der Waals surface area contributed by atoms with Gasteiger partial charge in [-0.05, 0) is 41.5 Å². The van der Waals surface area contributed by atoms with Crippen LogP contribution in [0.4, 0.5) is 0 Å². The summed E-state index contributed by atoms with van der Waals surface area (Å²) in [5.41, 5.74) is 5.24. The maximum Gasteiger partial charge on any atom is 0.262 e. The van der Waals surface area contributed by atoms with Crippen molar-refractivity contribution in [3.8, 4) is 5.75 Å². The van der Waals surface area contributed by atoms with E-state index in [1.165, 1.54) is 13.1 Å².